The Balaban J connectivity index is 2.20. The van der Waals surface area contributed by atoms with Crippen LogP contribution in [0.15, 0.2) is 6.20 Å². The van der Waals surface area contributed by atoms with Crippen LogP contribution in [-0.4, -0.2) is 26.0 Å². The van der Waals surface area contributed by atoms with E-state index in [1.807, 2.05) is 20.8 Å². The van der Waals surface area contributed by atoms with Gasteiger partial charge in [0.15, 0.2) is 0 Å². The van der Waals surface area contributed by atoms with E-state index in [0.29, 0.717) is 11.6 Å². The molecule has 0 spiro atoms. The molecule has 2 aromatic rings. The summed E-state index contributed by atoms with van der Waals surface area (Å²) in [6, 6.07) is 0.0243. The zero-order chi connectivity index (χ0) is 14.9. The molecule has 0 aromatic carbocycles. The minimum absolute atomic E-state index is 0.0243. The second-order valence-corrected chi connectivity index (χ2v) is 5.78. The number of carbonyl (C=O) groups is 1. The molecule has 20 heavy (non-hydrogen) atoms. The highest BCUT2D eigenvalue weighted by Crippen LogP contribution is 2.26. The van der Waals surface area contributed by atoms with Gasteiger partial charge in [-0.25, -0.2) is 19.7 Å². The van der Waals surface area contributed by atoms with Gasteiger partial charge in [0.05, 0.1) is 28.0 Å². The zero-order valence-corrected chi connectivity index (χ0v) is 12.6. The molecule has 1 unspecified atom stereocenters. The van der Waals surface area contributed by atoms with Crippen LogP contribution >= 0.6 is 11.3 Å². The first-order chi connectivity index (χ1) is 9.38. The van der Waals surface area contributed by atoms with Crippen LogP contribution in [0.25, 0.3) is 0 Å². The van der Waals surface area contributed by atoms with E-state index in [1.54, 1.807) is 18.3 Å². The summed E-state index contributed by atoms with van der Waals surface area (Å²) < 4.78 is 0. The van der Waals surface area contributed by atoms with Gasteiger partial charge in [-0.2, -0.15) is 0 Å². The summed E-state index contributed by atoms with van der Waals surface area (Å²) in [6.07, 6.45) is 1.32. The van der Waals surface area contributed by atoms with E-state index in [9.17, 15) is 4.79 Å². The summed E-state index contributed by atoms with van der Waals surface area (Å²) >= 11 is 1.63. The third-order valence-corrected chi connectivity index (χ3v) is 4.14. The predicted molar refractivity (Wildman–Crippen MR) is 77.4 cm³/mol. The molecule has 0 fully saturated rings. The van der Waals surface area contributed by atoms with Gasteiger partial charge in [-0.15, -0.1) is 11.3 Å². The number of thiazole rings is 1. The molecule has 106 valence electrons. The number of aryl methyl sites for hydroxylation is 3. The maximum atomic E-state index is 10.9. The second-order valence-electron chi connectivity index (χ2n) is 4.55. The van der Waals surface area contributed by atoms with Crippen LogP contribution in [0, 0.1) is 20.8 Å². The van der Waals surface area contributed by atoms with Gasteiger partial charge in [-0.1, -0.05) is 0 Å². The van der Waals surface area contributed by atoms with Crippen LogP contribution < -0.4 is 5.32 Å². The van der Waals surface area contributed by atoms with Gasteiger partial charge >= 0.3 is 5.97 Å². The third-order valence-electron chi connectivity index (χ3n) is 2.89. The molecule has 0 saturated heterocycles. The molecule has 0 aliphatic carbocycles. The Labute approximate surface area is 120 Å². The highest BCUT2D eigenvalue weighted by atomic mass is 32.1. The number of aromatic nitrogens is 3. The monoisotopic (exact) mass is 292 g/mol. The first-order valence-corrected chi connectivity index (χ1v) is 6.97. The number of rotatable bonds is 4. The Morgan fingerprint density at radius 2 is 2.00 bits per heavy atom. The number of anilines is 1. The quantitative estimate of drug-likeness (QED) is 0.900. The highest BCUT2D eigenvalue weighted by Gasteiger charge is 2.15. The smallest absolute Gasteiger partial charge is 0.339 e. The lowest BCUT2D eigenvalue weighted by Gasteiger charge is -2.13. The van der Waals surface area contributed by atoms with Crippen molar-refractivity contribution in [3.8, 4) is 0 Å². The molecule has 2 aromatic heterocycles. The standard InChI is InChI=1S/C13H16N4O2S/c1-6-10(12(18)19)5-14-13(16-6)17-8(3)11-7(2)15-9(4)20-11/h5,8H,1-4H3,(H,18,19)(H,14,16,17). The van der Waals surface area contributed by atoms with E-state index in [0.717, 1.165) is 15.6 Å². The van der Waals surface area contributed by atoms with Gasteiger partial charge in [-0.05, 0) is 27.7 Å². The first-order valence-electron chi connectivity index (χ1n) is 6.16. The Morgan fingerprint density at radius 3 is 2.50 bits per heavy atom. The molecule has 2 N–H and O–H groups in total. The average molecular weight is 292 g/mol. The maximum absolute atomic E-state index is 10.9. The van der Waals surface area contributed by atoms with Crippen molar-refractivity contribution in [3.63, 3.8) is 0 Å². The highest BCUT2D eigenvalue weighted by molar-refractivity contribution is 7.11. The molecular formula is C13H16N4O2S. The van der Waals surface area contributed by atoms with E-state index >= 15 is 0 Å². The number of aromatic carboxylic acids is 1. The summed E-state index contributed by atoms with van der Waals surface area (Å²) in [5, 5.41) is 13.1. The summed E-state index contributed by atoms with van der Waals surface area (Å²) in [6.45, 7) is 7.60. The fourth-order valence-electron chi connectivity index (χ4n) is 1.95. The molecule has 0 amide bonds. The molecule has 1 atom stereocenters. The zero-order valence-electron chi connectivity index (χ0n) is 11.8. The van der Waals surface area contributed by atoms with E-state index in [4.69, 9.17) is 5.11 Å². The van der Waals surface area contributed by atoms with Crippen molar-refractivity contribution >= 4 is 23.3 Å². The van der Waals surface area contributed by atoms with Crippen molar-refractivity contribution < 1.29 is 9.90 Å². The molecule has 6 nitrogen and oxygen atoms in total. The van der Waals surface area contributed by atoms with E-state index in [1.165, 1.54) is 6.20 Å². The number of hydrogen-bond acceptors (Lipinski definition) is 6. The van der Waals surface area contributed by atoms with Crippen LogP contribution in [-0.2, 0) is 0 Å². The van der Waals surface area contributed by atoms with Crippen LogP contribution in [0.3, 0.4) is 0 Å². The summed E-state index contributed by atoms with van der Waals surface area (Å²) in [7, 11) is 0. The van der Waals surface area contributed by atoms with Gasteiger partial charge in [0, 0.05) is 11.1 Å². The predicted octanol–water partition coefficient (Wildman–Crippen LogP) is 2.73. The molecule has 0 aliphatic rings. The summed E-state index contributed by atoms with van der Waals surface area (Å²) in [5.41, 5.74) is 1.55. The number of nitrogens with one attached hydrogen (secondary N) is 1. The van der Waals surface area contributed by atoms with Crippen LogP contribution in [0.1, 0.15) is 44.6 Å². The normalized spacial score (nSPS) is 12.2. The first kappa shape index (κ1) is 14.4. The summed E-state index contributed by atoms with van der Waals surface area (Å²) in [4.78, 5) is 24.7. The van der Waals surface area contributed by atoms with Gasteiger partial charge in [0.2, 0.25) is 5.95 Å². The molecule has 0 aliphatic heterocycles. The molecule has 0 saturated carbocycles. The van der Waals surface area contributed by atoms with Crippen molar-refractivity contribution in [1.82, 2.24) is 15.0 Å². The molecule has 0 bridgehead atoms. The second kappa shape index (κ2) is 5.54. The van der Waals surface area contributed by atoms with Gasteiger partial charge < -0.3 is 10.4 Å². The molecule has 0 radical (unpaired) electrons. The van der Waals surface area contributed by atoms with Crippen molar-refractivity contribution in [3.05, 3.63) is 33.0 Å². The Bertz CT molecular complexity index is 654. The number of carboxylic acid groups (broad SMARTS) is 1. The van der Waals surface area contributed by atoms with Crippen LogP contribution in [0.2, 0.25) is 0 Å². The summed E-state index contributed by atoms with van der Waals surface area (Å²) in [5.74, 6) is -0.596. The van der Waals surface area contributed by atoms with Crippen molar-refractivity contribution in [1.29, 1.82) is 0 Å². The topological polar surface area (TPSA) is 88.0 Å². The van der Waals surface area contributed by atoms with Crippen molar-refractivity contribution in [2.45, 2.75) is 33.7 Å². The minimum atomic E-state index is -1.02. The Kier molecular flexibility index (Phi) is 3.99. The molecule has 2 rings (SSSR count). The lowest BCUT2D eigenvalue weighted by atomic mass is 10.2. The Morgan fingerprint density at radius 1 is 1.30 bits per heavy atom. The number of carboxylic acids is 1. The van der Waals surface area contributed by atoms with Gasteiger partial charge in [0.1, 0.15) is 0 Å². The Hall–Kier alpha value is -2.02. The van der Waals surface area contributed by atoms with Gasteiger partial charge in [0.25, 0.3) is 0 Å². The van der Waals surface area contributed by atoms with Crippen LogP contribution in [0.5, 0.6) is 0 Å². The lowest BCUT2D eigenvalue weighted by molar-refractivity contribution is 0.0695. The van der Waals surface area contributed by atoms with Crippen molar-refractivity contribution in [2.24, 2.45) is 0 Å². The fourth-order valence-corrected chi connectivity index (χ4v) is 2.88. The minimum Gasteiger partial charge on any atom is -0.478 e. The largest absolute Gasteiger partial charge is 0.478 e. The molecular weight excluding hydrogens is 276 g/mol. The molecule has 2 heterocycles. The molecule has 7 heteroatoms. The van der Waals surface area contributed by atoms with E-state index in [-0.39, 0.29) is 11.6 Å². The number of hydrogen-bond donors (Lipinski definition) is 2. The fraction of sp³-hybridized carbons (Fsp3) is 0.385. The van der Waals surface area contributed by atoms with Crippen molar-refractivity contribution in [2.75, 3.05) is 5.32 Å². The van der Waals surface area contributed by atoms with E-state index in [2.05, 4.69) is 20.3 Å². The lowest BCUT2D eigenvalue weighted by Crippen LogP contribution is -2.11. The average Bonchev–Trinajstić information content (AvgIpc) is 2.68. The SMILES string of the molecule is Cc1nc(C)c(C(C)Nc2ncc(C(=O)O)c(C)n2)s1. The third kappa shape index (κ3) is 2.93. The maximum Gasteiger partial charge on any atom is 0.339 e. The van der Waals surface area contributed by atoms with Gasteiger partial charge in [-0.3, -0.25) is 0 Å². The number of nitrogens with zero attached hydrogens (tertiary/aromatic N) is 3. The van der Waals surface area contributed by atoms with E-state index < -0.39 is 5.97 Å². The van der Waals surface area contributed by atoms with Crippen LogP contribution in [0.4, 0.5) is 5.95 Å².